The number of ether oxygens (including phenoxy) is 1. The van der Waals surface area contributed by atoms with Crippen LogP contribution in [0.2, 0.25) is 0 Å². The third-order valence-corrected chi connectivity index (χ3v) is 5.95. The molecule has 4 nitrogen and oxygen atoms in total. The summed E-state index contributed by atoms with van der Waals surface area (Å²) in [5, 5.41) is 3.39. The Morgan fingerprint density at radius 2 is 1.85 bits per heavy atom. The number of pyridine rings is 1. The van der Waals surface area contributed by atoms with Gasteiger partial charge in [0.15, 0.2) is 0 Å². The highest BCUT2D eigenvalue weighted by atomic mass is 32.1. The Morgan fingerprint density at radius 1 is 1.04 bits per heavy atom. The minimum atomic E-state index is 0.532. The number of benzene rings is 1. The van der Waals surface area contributed by atoms with E-state index in [2.05, 4.69) is 33.5 Å². The number of piperidine rings is 1. The Balaban J connectivity index is 1.46. The number of thiazole rings is 1. The molecule has 1 aliphatic heterocycles. The van der Waals surface area contributed by atoms with Crippen LogP contribution in [-0.4, -0.2) is 30.2 Å². The topological polar surface area (TPSA) is 38.2 Å². The molecular weight excluding hydrogens is 342 g/mol. The normalized spacial score (nSPS) is 15.2. The number of aromatic nitrogens is 2. The van der Waals surface area contributed by atoms with Crippen molar-refractivity contribution in [3.05, 3.63) is 58.5 Å². The van der Waals surface area contributed by atoms with Gasteiger partial charge in [-0.2, -0.15) is 0 Å². The van der Waals surface area contributed by atoms with E-state index in [4.69, 9.17) is 9.72 Å². The first-order valence-corrected chi connectivity index (χ1v) is 9.90. The molecular formula is C21H23N3OS. The second kappa shape index (κ2) is 7.46. The molecule has 0 bridgehead atoms. The lowest BCUT2D eigenvalue weighted by Crippen LogP contribution is -2.33. The van der Waals surface area contributed by atoms with Gasteiger partial charge >= 0.3 is 0 Å². The molecule has 1 fully saturated rings. The monoisotopic (exact) mass is 365 g/mol. The maximum Gasteiger partial charge on any atom is 0.128 e. The summed E-state index contributed by atoms with van der Waals surface area (Å²) < 4.78 is 5.48. The van der Waals surface area contributed by atoms with Crippen LogP contribution < -0.4 is 9.64 Å². The highest BCUT2D eigenvalue weighted by molar-refractivity contribution is 7.10. The summed E-state index contributed by atoms with van der Waals surface area (Å²) in [6, 6.07) is 14.3. The molecule has 26 heavy (non-hydrogen) atoms. The standard InChI is InChI=1S/C21H23N3OS/c1-15-6-5-9-20(22-15)24-12-10-16(11-13-24)21-23-18(14-26-21)17-7-3-4-8-19(17)25-2/h3-9,14,16H,10-13H2,1-2H3. The van der Waals surface area contributed by atoms with Crippen LogP contribution in [0, 0.1) is 6.92 Å². The number of hydrogen-bond acceptors (Lipinski definition) is 5. The molecule has 3 aromatic rings. The predicted octanol–water partition coefficient (Wildman–Crippen LogP) is 4.91. The summed E-state index contributed by atoms with van der Waals surface area (Å²) in [4.78, 5) is 12.0. The quantitative estimate of drug-likeness (QED) is 0.659. The Bertz CT molecular complexity index is 884. The van der Waals surface area contributed by atoms with Gasteiger partial charge in [0, 0.05) is 35.6 Å². The third-order valence-electron chi connectivity index (χ3n) is 4.95. The van der Waals surface area contributed by atoms with E-state index in [0.29, 0.717) is 5.92 Å². The van der Waals surface area contributed by atoms with E-state index in [1.165, 1.54) is 5.01 Å². The van der Waals surface area contributed by atoms with Crippen molar-refractivity contribution >= 4 is 17.2 Å². The summed E-state index contributed by atoms with van der Waals surface area (Å²) in [6.07, 6.45) is 2.24. The Kier molecular flexibility index (Phi) is 4.89. The second-order valence-electron chi connectivity index (χ2n) is 6.67. The average molecular weight is 366 g/mol. The zero-order valence-corrected chi connectivity index (χ0v) is 16.0. The maximum absolute atomic E-state index is 5.48. The molecule has 4 rings (SSSR count). The van der Waals surface area contributed by atoms with Gasteiger partial charge in [-0.1, -0.05) is 18.2 Å². The number of hydrogen-bond donors (Lipinski definition) is 0. The molecule has 0 amide bonds. The SMILES string of the molecule is COc1ccccc1-c1csc(C2CCN(c3cccc(C)n3)CC2)n1. The van der Waals surface area contributed by atoms with Gasteiger partial charge in [0.1, 0.15) is 11.6 Å². The van der Waals surface area contributed by atoms with Crippen molar-refractivity contribution in [1.29, 1.82) is 0 Å². The second-order valence-corrected chi connectivity index (χ2v) is 7.56. The number of methoxy groups -OCH3 is 1. The van der Waals surface area contributed by atoms with Gasteiger partial charge in [-0.3, -0.25) is 0 Å². The van der Waals surface area contributed by atoms with Crippen LogP contribution in [0.1, 0.15) is 29.5 Å². The van der Waals surface area contributed by atoms with Gasteiger partial charge in [-0.05, 0) is 44.0 Å². The highest BCUT2D eigenvalue weighted by Gasteiger charge is 2.24. The summed E-state index contributed by atoms with van der Waals surface area (Å²) in [5.74, 6) is 2.51. The summed E-state index contributed by atoms with van der Waals surface area (Å²) in [7, 11) is 1.71. The largest absolute Gasteiger partial charge is 0.496 e. The molecule has 0 spiro atoms. The van der Waals surface area contributed by atoms with Crippen LogP contribution in [0.25, 0.3) is 11.3 Å². The molecule has 0 saturated carbocycles. The molecule has 1 aromatic carbocycles. The molecule has 0 aliphatic carbocycles. The minimum absolute atomic E-state index is 0.532. The number of aryl methyl sites for hydroxylation is 1. The van der Waals surface area contributed by atoms with E-state index in [1.54, 1.807) is 18.4 Å². The van der Waals surface area contributed by atoms with Crippen molar-refractivity contribution < 1.29 is 4.74 Å². The molecule has 2 aromatic heterocycles. The van der Waals surface area contributed by atoms with Crippen LogP contribution >= 0.6 is 11.3 Å². The van der Waals surface area contributed by atoms with Crippen molar-refractivity contribution in [2.45, 2.75) is 25.7 Å². The number of para-hydroxylation sites is 1. The van der Waals surface area contributed by atoms with E-state index in [1.807, 2.05) is 31.2 Å². The lowest BCUT2D eigenvalue weighted by molar-refractivity contribution is 0.416. The molecule has 3 heterocycles. The summed E-state index contributed by atoms with van der Waals surface area (Å²) in [6.45, 7) is 4.11. The Labute approximate surface area is 158 Å². The van der Waals surface area contributed by atoms with Crippen LogP contribution in [0.3, 0.4) is 0 Å². The highest BCUT2D eigenvalue weighted by Crippen LogP contribution is 2.36. The summed E-state index contributed by atoms with van der Waals surface area (Å²) in [5.41, 5.74) is 3.16. The van der Waals surface area contributed by atoms with E-state index >= 15 is 0 Å². The van der Waals surface area contributed by atoms with Gasteiger partial charge in [0.2, 0.25) is 0 Å². The molecule has 5 heteroatoms. The molecule has 134 valence electrons. The average Bonchev–Trinajstić information content (AvgIpc) is 3.18. The van der Waals surface area contributed by atoms with Crippen molar-refractivity contribution in [3.63, 3.8) is 0 Å². The first kappa shape index (κ1) is 17.0. The number of anilines is 1. The van der Waals surface area contributed by atoms with Crippen LogP contribution in [0.4, 0.5) is 5.82 Å². The fraction of sp³-hybridized carbons (Fsp3) is 0.333. The number of nitrogens with zero attached hydrogens (tertiary/aromatic N) is 3. The van der Waals surface area contributed by atoms with Crippen LogP contribution in [-0.2, 0) is 0 Å². The van der Waals surface area contributed by atoms with E-state index in [9.17, 15) is 0 Å². The summed E-state index contributed by atoms with van der Waals surface area (Å²) >= 11 is 1.77. The van der Waals surface area contributed by atoms with E-state index in [0.717, 1.165) is 54.4 Å². The smallest absolute Gasteiger partial charge is 0.128 e. The molecule has 1 aliphatic rings. The van der Waals surface area contributed by atoms with Crippen molar-refractivity contribution in [1.82, 2.24) is 9.97 Å². The van der Waals surface area contributed by atoms with Crippen LogP contribution in [0.15, 0.2) is 47.8 Å². The Morgan fingerprint density at radius 3 is 2.62 bits per heavy atom. The fourth-order valence-corrected chi connectivity index (χ4v) is 4.51. The Hall–Kier alpha value is -2.40. The van der Waals surface area contributed by atoms with E-state index in [-0.39, 0.29) is 0 Å². The van der Waals surface area contributed by atoms with Crippen molar-refractivity contribution in [2.24, 2.45) is 0 Å². The molecule has 0 N–H and O–H groups in total. The number of rotatable bonds is 4. The minimum Gasteiger partial charge on any atom is -0.496 e. The fourth-order valence-electron chi connectivity index (χ4n) is 3.52. The zero-order valence-electron chi connectivity index (χ0n) is 15.2. The first-order valence-electron chi connectivity index (χ1n) is 9.02. The van der Waals surface area contributed by atoms with Gasteiger partial charge in [0.05, 0.1) is 17.8 Å². The zero-order chi connectivity index (χ0) is 17.9. The molecule has 0 atom stereocenters. The van der Waals surface area contributed by atoms with Gasteiger partial charge < -0.3 is 9.64 Å². The molecule has 1 saturated heterocycles. The lowest BCUT2D eigenvalue weighted by atomic mass is 9.97. The van der Waals surface area contributed by atoms with Gasteiger partial charge in [0.25, 0.3) is 0 Å². The van der Waals surface area contributed by atoms with Crippen molar-refractivity contribution in [2.75, 3.05) is 25.1 Å². The van der Waals surface area contributed by atoms with Crippen LogP contribution in [0.5, 0.6) is 5.75 Å². The maximum atomic E-state index is 5.48. The van der Waals surface area contributed by atoms with Crippen molar-refractivity contribution in [3.8, 4) is 17.0 Å². The predicted molar refractivity (Wildman–Crippen MR) is 107 cm³/mol. The van der Waals surface area contributed by atoms with Gasteiger partial charge in [-0.15, -0.1) is 11.3 Å². The third kappa shape index (κ3) is 3.44. The lowest BCUT2D eigenvalue weighted by Gasteiger charge is -2.32. The molecule has 0 radical (unpaired) electrons. The van der Waals surface area contributed by atoms with Gasteiger partial charge in [-0.25, -0.2) is 9.97 Å². The first-order chi connectivity index (χ1) is 12.7. The molecule has 0 unspecified atom stereocenters. The van der Waals surface area contributed by atoms with E-state index < -0.39 is 0 Å².